The van der Waals surface area contributed by atoms with E-state index in [9.17, 15) is 4.79 Å². The number of hydrogen-bond acceptors (Lipinski definition) is 3. The van der Waals surface area contributed by atoms with Gasteiger partial charge in [0, 0.05) is 22.4 Å². The van der Waals surface area contributed by atoms with Gasteiger partial charge in [0.1, 0.15) is 0 Å². The van der Waals surface area contributed by atoms with E-state index >= 15 is 0 Å². The van der Waals surface area contributed by atoms with Crippen molar-refractivity contribution >= 4 is 33.2 Å². The van der Waals surface area contributed by atoms with Crippen molar-refractivity contribution in [3.8, 4) is 0 Å². The molecule has 0 aliphatic rings. The van der Waals surface area contributed by atoms with Gasteiger partial charge < -0.3 is 16.8 Å². The number of amides is 1. The summed E-state index contributed by atoms with van der Waals surface area (Å²) < 4.78 is 0.672. The number of carbonyl (C=O) groups excluding carboxylic acids is 1. The van der Waals surface area contributed by atoms with Gasteiger partial charge in [-0.05, 0) is 39.7 Å². The van der Waals surface area contributed by atoms with Crippen LogP contribution in [-0.2, 0) is 6.54 Å². The number of nitrogen functional groups attached to an aromatic ring is 1. The Morgan fingerprint density at radius 3 is 2.58 bits per heavy atom. The molecule has 98 valence electrons. The second-order valence-electron chi connectivity index (χ2n) is 4.08. The molecule has 1 amide bonds. The Bertz CT molecular complexity index is 613. The van der Waals surface area contributed by atoms with Gasteiger partial charge in [0.25, 0.3) is 5.91 Å². The number of carbonyl (C=O) groups is 1. The molecule has 0 radical (unpaired) electrons. The molecule has 2 rings (SSSR count). The van der Waals surface area contributed by atoms with Gasteiger partial charge in [-0.2, -0.15) is 0 Å². The zero-order chi connectivity index (χ0) is 13.8. The van der Waals surface area contributed by atoms with Gasteiger partial charge in [-0.15, -0.1) is 0 Å². The van der Waals surface area contributed by atoms with Gasteiger partial charge in [-0.25, -0.2) is 0 Å². The minimum Gasteiger partial charge on any atom is -0.398 e. The van der Waals surface area contributed by atoms with E-state index in [1.165, 1.54) is 0 Å². The molecule has 0 bridgehead atoms. The zero-order valence-corrected chi connectivity index (χ0v) is 11.8. The van der Waals surface area contributed by atoms with Crippen LogP contribution in [0.15, 0.2) is 46.9 Å². The number of anilines is 2. The number of benzene rings is 2. The van der Waals surface area contributed by atoms with Crippen LogP contribution in [0, 0.1) is 0 Å². The summed E-state index contributed by atoms with van der Waals surface area (Å²) in [6, 6.07) is 13.0. The highest BCUT2D eigenvalue weighted by molar-refractivity contribution is 9.10. The summed E-state index contributed by atoms with van der Waals surface area (Å²) >= 11 is 3.32. The second kappa shape index (κ2) is 5.75. The smallest absolute Gasteiger partial charge is 0.251 e. The predicted molar refractivity (Wildman–Crippen MR) is 80.8 cm³/mol. The Morgan fingerprint density at radius 2 is 1.89 bits per heavy atom. The lowest BCUT2D eigenvalue weighted by Crippen LogP contribution is -2.15. The third-order valence-electron chi connectivity index (χ3n) is 2.78. The van der Waals surface area contributed by atoms with Crippen molar-refractivity contribution in [3.05, 3.63) is 58.1 Å². The topological polar surface area (TPSA) is 81.1 Å². The molecule has 0 spiro atoms. The Labute approximate surface area is 119 Å². The first kappa shape index (κ1) is 13.4. The molecule has 2 aromatic carbocycles. The number of halogens is 1. The summed E-state index contributed by atoms with van der Waals surface area (Å²) in [4.78, 5) is 11.4. The number of rotatable bonds is 4. The van der Waals surface area contributed by atoms with E-state index in [2.05, 4.69) is 21.2 Å². The fourth-order valence-corrected chi connectivity index (χ4v) is 2.37. The van der Waals surface area contributed by atoms with E-state index in [-0.39, 0.29) is 0 Å². The lowest BCUT2D eigenvalue weighted by molar-refractivity contribution is 0.100. The van der Waals surface area contributed by atoms with Gasteiger partial charge >= 0.3 is 0 Å². The van der Waals surface area contributed by atoms with Gasteiger partial charge in [0.15, 0.2) is 0 Å². The van der Waals surface area contributed by atoms with Crippen LogP contribution in [0.25, 0.3) is 0 Å². The summed E-state index contributed by atoms with van der Waals surface area (Å²) in [6.45, 7) is 0.531. The SMILES string of the molecule is NC(=O)c1c(Br)cccc1NCc1ccccc1N. The average molecular weight is 320 g/mol. The molecule has 0 saturated carbocycles. The van der Waals surface area contributed by atoms with Crippen LogP contribution in [-0.4, -0.2) is 5.91 Å². The maximum atomic E-state index is 11.4. The van der Waals surface area contributed by atoms with E-state index in [0.29, 0.717) is 28.0 Å². The average Bonchev–Trinajstić information content (AvgIpc) is 2.37. The summed E-state index contributed by atoms with van der Waals surface area (Å²) in [7, 11) is 0. The van der Waals surface area contributed by atoms with Gasteiger partial charge in [-0.1, -0.05) is 24.3 Å². The molecule has 2 aromatic rings. The first-order chi connectivity index (χ1) is 9.09. The molecule has 0 aliphatic carbocycles. The summed E-state index contributed by atoms with van der Waals surface area (Å²) in [6.07, 6.45) is 0. The molecule has 5 N–H and O–H groups in total. The zero-order valence-electron chi connectivity index (χ0n) is 10.2. The number of primary amides is 1. The maximum Gasteiger partial charge on any atom is 0.251 e. The van der Waals surface area contributed by atoms with E-state index in [0.717, 1.165) is 5.56 Å². The van der Waals surface area contributed by atoms with Crippen molar-refractivity contribution in [1.82, 2.24) is 0 Å². The molecule has 0 fully saturated rings. The Balaban J connectivity index is 2.23. The fourth-order valence-electron chi connectivity index (χ4n) is 1.81. The molecule has 0 aliphatic heterocycles. The first-order valence-corrected chi connectivity index (χ1v) is 6.54. The molecule has 19 heavy (non-hydrogen) atoms. The molecule has 0 heterocycles. The van der Waals surface area contributed by atoms with Crippen LogP contribution in [0.3, 0.4) is 0 Å². The van der Waals surface area contributed by atoms with Crippen molar-refractivity contribution in [1.29, 1.82) is 0 Å². The van der Waals surface area contributed by atoms with Crippen LogP contribution >= 0.6 is 15.9 Å². The van der Waals surface area contributed by atoms with Crippen molar-refractivity contribution in [2.75, 3.05) is 11.1 Å². The van der Waals surface area contributed by atoms with Crippen LogP contribution in [0.4, 0.5) is 11.4 Å². The minimum atomic E-state index is -0.476. The standard InChI is InChI=1S/C14H14BrN3O/c15-10-5-3-7-12(13(10)14(17)19)18-8-9-4-1-2-6-11(9)16/h1-7,18H,8,16H2,(H2,17,19). The van der Waals surface area contributed by atoms with E-state index in [1.54, 1.807) is 6.07 Å². The predicted octanol–water partition coefficient (Wildman–Crippen LogP) is 2.74. The Hall–Kier alpha value is -2.01. The molecule has 4 nitrogen and oxygen atoms in total. The molecule has 0 atom stereocenters. The van der Waals surface area contributed by atoms with E-state index in [1.807, 2.05) is 36.4 Å². The molecule has 5 heteroatoms. The molecule has 0 aromatic heterocycles. The second-order valence-corrected chi connectivity index (χ2v) is 4.93. The van der Waals surface area contributed by atoms with Crippen molar-refractivity contribution in [2.45, 2.75) is 6.54 Å². The lowest BCUT2D eigenvalue weighted by Gasteiger charge is -2.12. The first-order valence-electron chi connectivity index (χ1n) is 5.75. The van der Waals surface area contributed by atoms with Gasteiger partial charge in [0.05, 0.1) is 5.56 Å². The van der Waals surface area contributed by atoms with Crippen LogP contribution in [0.5, 0.6) is 0 Å². The highest BCUT2D eigenvalue weighted by atomic mass is 79.9. The molecule has 0 unspecified atom stereocenters. The lowest BCUT2D eigenvalue weighted by atomic mass is 10.1. The van der Waals surface area contributed by atoms with Gasteiger partial charge in [0.2, 0.25) is 0 Å². The van der Waals surface area contributed by atoms with E-state index in [4.69, 9.17) is 11.5 Å². The largest absolute Gasteiger partial charge is 0.398 e. The maximum absolute atomic E-state index is 11.4. The van der Waals surface area contributed by atoms with Crippen molar-refractivity contribution in [2.24, 2.45) is 5.73 Å². The van der Waals surface area contributed by atoms with E-state index < -0.39 is 5.91 Å². The minimum absolute atomic E-state index is 0.442. The summed E-state index contributed by atoms with van der Waals surface area (Å²) in [5.41, 5.74) is 14.1. The number of para-hydroxylation sites is 1. The third-order valence-corrected chi connectivity index (χ3v) is 3.45. The Kier molecular flexibility index (Phi) is 4.06. The molecular formula is C14H14BrN3O. The summed E-state index contributed by atoms with van der Waals surface area (Å²) in [5, 5.41) is 3.18. The monoisotopic (exact) mass is 319 g/mol. The fraction of sp³-hybridized carbons (Fsp3) is 0.0714. The van der Waals surface area contributed by atoms with Crippen molar-refractivity contribution < 1.29 is 4.79 Å². The highest BCUT2D eigenvalue weighted by Gasteiger charge is 2.11. The van der Waals surface area contributed by atoms with Crippen LogP contribution in [0.2, 0.25) is 0 Å². The third kappa shape index (κ3) is 3.06. The summed E-state index contributed by atoms with van der Waals surface area (Å²) in [5.74, 6) is -0.476. The quantitative estimate of drug-likeness (QED) is 0.758. The number of nitrogens with one attached hydrogen (secondary N) is 1. The van der Waals surface area contributed by atoms with Gasteiger partial charge in [-0.3, -0.25) is 4.79 Å². The van der Waals surface area contributed by atoms with Crippen molar-refractivity contribution in [3.63, 3.8) is 0 Å². The number of nitrogens with two attached hydrogens (primary N) is 2. The molecular weight excluding hydrogens is 306 g/mol. The van der Waals surface area contributed by atoms with Crippen LogP contribution in [0.1, 0.15) is 15.9 Å². The highest BCUT2D eigenvalue weighted by Crippen LogP contribution is 2.25. The van der Waals surface area contributed by atoms with Crippen LogP contribution < -0.4 is 16.8 Å². The number of hydrogen-bond donors (Lipinski definition) is 3. The molecule has 0 saturated heterocycles. The Morgan fingerprint density at radius 1 is 1.16 bits per heavy atom. The normalized spacial score (nSPS) is 10.2.